The molecule has 0 saturated heterocycles. The van der Waals surface area contributed by atoms with E-state index in [2.05, 4.69) is 4.98 Å². The molecule has 1 aromatic carbocycles. The number of hydrogen-bond acceptors (Lipinski definition) is 5. The number of thiazole rings is 1. The zero-order valence-electron chi connectivity index (χ0n) is 14.7. The van der Waals surface area contributed by atoms with Crippen molar-refractivity contribution in [2.45, 2.75) is 0 Å². The summed E-state index contributed by atoms with van der Waals surface area (Å²) >= 11 is 2.63. The molecule has 0 aliphatic heterocycles. The maximum atomic E-state index is 14.0. The van der Waals surface area contributed by atoms with E-state index in [4.69, 9.17) is 0 Å². The number of rotatable bonds is 6. The molecular weight excluding hydrogens is 412 g/mol. The van der Waals surface area contributed by atoms with Gasteiger partial charge >= 0.3 is 0 Å². The van der Waals surface area contributed by atoms with Gasteiger partial charge in [0.2, 0.25) is 0 Å². The van der Waals surface area contributed by atoms with Gasteiger partial charge in [0.05, 0.1) is 4.70 Å². The van der Waals surface area contributed by atoms with Gasteiger partial charge in [-0.05, 0) is 37.7 Å². The van der Waals surface area contributed by atoms with Crippen LogP contribution < -0.4 is 4.90 Å². The average molecular weight is 430 g/mol. The van der Waals surface area contributed by atoms with Gasteiger partial charge < -0.3 is 4.90 Å². The molecule has 0 aliphatic carbocycles. The zero-order chi connectivity index (χ0) is 18.7. The Kier molecular flexibility index (Phi) is 7.43. The van der Waals surface area contributed by atoms with Crippen molar-refractivity contribution in [3.8, 4) is 0 Å². The molecule has 144 valence electrons. The summed E-state index contributed by atoms with van der Waals surface area (Å²) in [6.07, 6.45) is 3.22. The van der Waals surface area contributed by atoms with Crippen LogP contribution in [0.15, 0.2) is 35.7 Å². The first kappa shape index (κ1) is 21.4. The van der Waals surface area contributed by atoms with Crippen LogP contribution in [-0.2, 0) is 4.79 Å². The Bertz CT molecular complexity index is 942. The average Bonchev–Trinajstić information content (AvgIpc) is 3.22. The maximum absolute atomic E-state index is 14.0. The van der Waals surface area contributed by atoms with Gasteiger partial charge in [-0.25, -0.2) is 13.8 Å². The molecule has 0 N–H and O–H groups in total. The summed E-state index contributed by atoms with van der Waals surface area (Å²) in [6.45, 7) is 1.01. The first-order chi connectivity index (χ1) is 12.4. The number of benzene rings is 1. The van der Waals surface area contributed by atoms with E-state index in [1.165, 1.54) is 28.4 Å². The monoisotopic (exact) mass is 429 g/mol. The van der Waals surface area contributed by atoms with Crippen molar-refractivity contribution in [2.75, 3.05) is 32.1 Å². The SMILES string of the molecule is CN(C)CCN(C(=O)/C=C/c1cccs1)c1nc2c(F)cc(F)cc2s1.Cl. The van der Waals surface area contributed by atoms with Crippen LogP contribution >= 0.6 is 35.1 Å². The largest absolute Gasteiger partial charge is 0.308 e. The van der Waals surface area contributed by atoms with E-state index in [1.54, 1.807) is 6.08 Å². The summed E-state index contributed by atoms with van der Waals surface area (Å²) in [5.74, 6) is -1.63. The van der Waals surface area contributed by atoms with Gasteiger partial charge in [0.1, 0.15) is 11.3 Å². The lowest BCUT2D eigenvalue weighted by Crippen LogP contribution is -2.35. The molecule has 9 heteroatoms. The molecule has 3 aromatic rings. The Hall–Kier alpha value is -1.87. The van der Waals surface area contributed by atoms with Gasteiger partial charge in [0.15, 0.2) is 10.9 Å². The highest BCUT2D eigenvalue weighted by molar-refractivity contribution is 7.22. The number of hydrogen-bond donors (Lipinski definition) is 0. The van der Waals surface area contributed by atoms with Crippen LogP contribution in [0.1, 0.15) is 4.88 Å². The van der Waals surface area contributed by atoms with Crippen LogP contribution in [0.25, 0.3) is 16.3 Å². The van der Waals surface area contributed by atoms with E-state index >= 15 is 0 Å². The van der Waals surface area contributed by atoms with Gasteiger partial charge in [-0.15, -0.1) is 23.7 Å². The Morgan fingerprint density at radius 2 is 2.04 bits per heavy atom. The third-order valence-electron chi connectivity index (χ3n) is 3.60. The van der Waals surface area contributed by atoms with Gasteiger partial charge in [-0.2, -0.15) is 0 Å². The second kappa shape index (κ2) is 9.36. The smallest absolute Gasteiger partial charge is 0.252 e. The van der Waals surface area contributed by atoms with Gasteiger partial charge in [-0.3, -0.25) is 9.69 Å². The second-order valence-electron chi connectivity index (χ2n) is 5.87. The van der Waals surface area contributed by atoms with E-state index in [1.807, 2.05) is 36.5 Å². The van der Waals surface area contributed by atoms with Crippen LogP contribution in [0.2, 0.25) is 0 Å². The number of carbonyl (C=O) groups is 1. The standard InChI is InChI=1S/C18H17F2N3OS2.ClH/c1-22(2)7-8-23(16(24)6-5-13-4-3-9-25-13)18-21-17-14(20)10-12(19)11-15(17)26-18;/h3-6,9-11H,7-8H2,1-2H3;1H/b6-5+;. The summed E-state index contributed by atoms with van der Waals surface area (Å²) in [7, 11) is 3.80. The Labute approximate surface area is 170 Å². The van der Waals surface area contributed by atoms with Crippen molar-refractivity contribution in [2.24, 2.45) is 0 Å². The Balaban J connectivity index is 0.00000261. The molecule has 0 atom stereocenters. The lowest BCUT2D eigenvalue weighted by Gasteiger charge is -2.20. The van der Waals surface area contributed by atoms with Crippen LogP contribution in [-0.4, -0.2) is 43.0 Å². The maximum Gasteiger partial charge on any atom is 0.252 e. The number of likely N-dealkylation sites (N-methyl/N-ethyl adjacent to an activating group) is 1. The molecule has 1 amide bonds. The molecule has 0 unspecified atom stereocenters. The highest BCUT2D eigenvalue weighted by Gasteiger charge is 2.20. The third-order valence-corrected chi connectivity index (χ3v) is 5.47. The van der Waals surface area contributed by atoms with Crippen LogP contribution in [0.4, 0.5) is 13.9 Å². The number of fused-ring (bicyclic) bond motifs is 1. The predicted molar refractivity (Wildman–Crippen MR) is 111 cm³/mol. The lowest BCUT2D eigenvalue weighted by molar-refractivity contribution is -0.114. The molecule has 2 aromatic heterocycles. The highest BCUT2D eigenvalue weighted by Crippen LogP contribution is 2.31. The third kappa shape index (κ3) is 5.32. The number of halogens is 3. The van der Waals surface area contributed by atoms with E-state index in [-0.39, 0.29) is 23.8 Å². The number of aromatic nitrogens is 1. The van der Waals surface area contributed by atoms with Crippen molar-refractivity contribution in [3.05, 3.63) is 52.2 Å². The molecule has 0 aliphatic rings. The van der Waals surface area contributed by atoms with Gasteiger partial charge in [0.25, 0.3) is 5.91 Å². The normalized spacial score (nSPS) is 11.3. The first-order valence-electron chi connectivity index (χ1n) is 7.87. The summed E-state index contributed by atoms with van der Waals surface area (Å²) in [6, 6.07) is 5.85. The minimum absolute atomic E-state index is 0. The minimum atomic E-state index is -0.725. The van der Waals surface area contributed by atoms with Gasteiger partial charge in [0, 0.05) is 30.1 Å². The Morgan fingerprint density at radius 1 is 1.26 bits per heavy atom. The molecular formula is C18H18ClF2N3OS2. The number of anilines is 1. The molecule has 4 nitrogen and oxygen atoms in total. The number of nitrogens with zero attached hydrogens (tertiary/aromatic N) is 3. The second-order valence-corrected chi connectivity index (χ2v) is 7.86. The van der Waals surface area contributed by atoms with Crippen molar-refractivity contribution < 1.29 is 13.6 Å². The molecule has 2 heterocycles. The van der Waals surface area contributed by atoms with Crippen molar-refractivity contribution in [3.63, 3.8) is 0 Å². The van der Waals surface area contributed by atoms with Crippen LogP contribution in [0, 0.1) is 11.6 Å². The number of thiophene rings is 1. The number of amides is 1. The molecule has 3 rings (SSSR count). The van der Waals surface area contributed by atoms with E-state index < -0.39 is 11.6 Å². The molecule has 0 fully saturated rings. The molecule has 0 saturated carbocycles. The first-order valence-corrected chi connectivity index (χ1v) is 9.57. The molecule has 0 radical (unpaired) electrons. The minimum Gasteiger partial charge on any atom is -0.308 e. The molecule has 0 bridgehead atoms. The van der Waals surface area contributed by atoms with E-state index in [0.29, 0.717) is 22.9 Å². The summed E-state index contributed by atoms with van der Waals surface area (Å²) in [5.41, 5.74) is 0.0799. The fraction of sp³-hybridized carbons (Fsp3) is 0.222. The lowest BCUT2D eigenvalue weighted by atomic mass is 10.3. The zero-order valence-corrected chi connectivity index (χ0v) is 17.1. The summed E-state index contributed by atoms with van der Waals surface area (Å²) in [4.78, 5) is 21.3. The molecule has 0 spiro atoms. The summed E-state index contributed by atoms with van der Waals surface area (Å²) in [5, 5.41) is 2.28. The van der Waals surface area contributed by atoms with Crippen LogP contribution in [0.5, 0.6) is 0 Å². The van der Waals surface area contributed by atoms with Gasteiger partial charge in [-0.1, -0.05) is 17.4 Å². The number of carbonyl (C=O) groups excluding carboxylic acids is 1. The van der Waals surface area contributed by atoms with E-state index in [9.17, 15) is 13.6 Å². The fourth-order valence-electron chi connectivity index (χ4n) is 2.29. The predicted octanol–water partition coefficient (Wildman–Crippen LogP) is 4.67. The summed E-state index contributed by atoms with van der Waals surface area (Å²) < 4.78 is 27.8. The van der Waals surface area contributed by atoms with Crippen molar-refractivity contribution in [1.29, 1.82) is 0 Å². The quantitative estimate of drug-likeness (QED) is 0.534. The topological polar surface area (TPSA) is 36.4 Å². The highest BCUT2D eigenvalue weighted by atomic mass is 35.5. The van der Waals surface area contributed by atoms with Crippen molar-refractivity contribution in [1.82, 2.24) is 9.88 Å². The Morgan fingerprint density at radius 3 is 2.70 bits per heavy atom. The van der Waals surface area contributed by atoms with Crippen molar-refractivity contribution >= 4 is 62.4 Å². The van der Waals surface area contributed by atoms with E-state index in [0.717, 1.165) is 22.3 Å². The molecule has 27 heavy (non-hydrogen) atoms. The van der Waals surface area contributed by atoms with Crippen LogP contribution in [0.3, 0.4) is 0 Å². The fourth-order valence-corrected chi connectivity index (χ4v) is 3.94.